The summed E-state index contributed by atoms with van der Waals surface area (Å²) in [5.74, 6) is 0.406. The molecule has 0 saturated heterocycles. The molecule has 0 aromatic heterocycles. The van der Waals surface area contributed by atoms with Crippen molar-refractivity contribution >= 4 is 11.5 Å². The average molecular weight is 209 g/mol. The third kappa shape index (κ3) is 3.05. The van der Waals surface area contributed by atoms with E-state index in [0.717, 1.165) is 0 Å². The number of nitrogens with zero attached hydrogens (tertiary/aromatic N) is 1. The van der Waals surface area contributed by atoms with E-state index in [2.05, 4.69) is 0 Å². The van der Waals surface area contributed by atoms with Gasteiger partial charge in [0.05, 0.1) is 4.92 Å². The predicted molar refractivity (Wildman–Crippen MR) is 54.0 cm³/mol. The first-order valence-electron chi connectivity index (χ1n) is 4.38. The van der Waals surface area contributed by atoms with Gasteiger partial charge in [-0.1, -0.05) is 0 Å². The van der Waals surface area contributed by atoms with Crippen LogP contribution < -0.4 is 4.74 Å². The molecule has 15 heavy (non-hydrogen) atoms. The van der Waals surface area contributed by atoms with Crippen molar-refractivity contribution in [3.63, 3.8) is 0 Å². The van der Waals surface area contributed by atoms with Crippen molar-refractivity contribution in [2.45, 2.75) is 13.8 Å². The van der Waals surface area contributed by atoms with Crippen LogP contribution in [0.1, 0.15) is 12.5 Å². The van der Waals surface area contributed by atoms with Gasteiger partial charge >= 0.3 is 0 Å². The number of non-ortho nitro benzene ring substituents is 1. The summed E-state index contributed by atoms with van der Waals surface area (Å²) in [5, 5.41) is 10.4. The van der Waals surface area contributed by atoms with Gasteiger partial charge in [0.2, 0.25) is 0 Å². The monoisotopic (exact) mass is 209 g/mol. The van der Waals surface area contributed by atoms with Crippen LogP contribution in [0.2, 0.25) is 0 Å². The van der Waals surface area contributed by atoms with E-state index in [9.17, 15) is 14.9 Å². The van der Waals surface area contributed by atoms with Gasteiger partial charge in [0.1, 0.15) is 12.4 Å². The number of nitro benzene ring substituents is 1. The number of Topliss-reactive ketones (excluding diaryl/α,β-unsaturated/α-hetero) is 1. The lowest BCUT2D eigenvalue weighted by Crippen LogP contribution is -2.07. The number of hydrogen-bond donors (Lipinski definition) is 0. The smallest absolute Gasteiger partial charge is 0.269 e. The third-order valence-electron chi connectivity index (χ3n) is 1.80. The molecule has 0 fully saturated rings. The Bertz CT molecular complexity index is 400. The maximum Gasteiger partial charge on any atom is 0.269 e. The molecule has 0 unspecified atom stereocenters. The summed E-state index contributed by atoms with van der Waals surface area (Å²) in [6, 6.07) is 4.26. The number of carbonyl (C=O) groups is 1. The van der Waals surface area contributed by atoms with E-state index in [4.69, 9.17) is 4.74 Å². The van der Waals surface area contributed by atoms with Gasteiger partial charge in [-0.2, -0.15) is 0 Å². The first kappa shape index (κ1) is 11.2. The van der Waals surface area contributed by atoms with Crippen LogP contribution in [0, 0.1) is 17.0 Å². The Morgan fingerprint density at radius 3 is 2.67 bits per heavy atom. The molecule has 80 valence electrons. The van der Waals surface area contributed by atoms with Crippen LogP contribution in [0.4, 0.5) is 5.69 Å². The second-order valence-electron chi connectivity index (χ2n) is 3.20. The highest BCUT2D eigenvalue weighted by molar-refractivity contribution is 5.77. The molecule has 0 radical (unpaired) electrons. The fourth-order valence-corrected chi connectivity index (χ4v) is 1.09. The Labute approximate surface area is 86.8 Å². The number of ether oxygens (including phenoxy) is 1. The Kier molecular flexibility index (Phi) is 3.38. The molecule has 1 rings (SSSR count). The lowest BCUT2D eigenvalue weighted by atomic mass is 10.2. The summed E-state index contributed by atoms with van der Waals surface area (Å²) in [4.78, 5) is 20.6. The average Bonchev–Trinajstić information content (AvgIpc) is 2.15. The van der Waals surface area contributed by atoms with Gasteiger partial charge in [-0.25, -0.2) is 0 Å². The van der Waals surface area contributed by atoms with Crippen molar-refractivity contribution in [1.29, 1.82) is 0 Å². The molecule has 0 saturated carbocycles. The van der Waals surface area contributed by atoms with Gasteiger partial charge in [0, 0.05) is 12.1 Å². The highest BCUT2D eigenvalue weighted by atomic mass is 16.6. The largest absolute Gasteiger partial charge is 0.486 e. The summed E-state index contributed by atoms with van der Waals surface area (Å²) < 4.78 is 5.16. The molecule has 0 aliphatic carbocycles. The minimum atomic E-state index is -0.470. The minimum Gasteiger partial charge on any atom is -0.486 e. The summed E-state index contributed by atoms with van der Waals surface area (Å²) in [5.41, 5.74) is 0.660. The normalized spacial score (nSPS) is 9.73. The van der Waals surface area contributed by atoms with E-state index >= 15 is 0 Å². The van der Waals surface area contributed by atoms with Crippen molar-refractivity contribution in [3.05, 3.63) is 33.9 Å². The fourth-order valence-electron chi connectivity index (χ4n) is 1.09. The van der Waals surface area contributed by atoms with Crippen molar-refractivity contribution < 1.29 is 14.5 Å². The van der Waals surface area contributed by atoms with Crippen LogP contribution in [0.15, 0.2) is 18.2 Å². The number of nitro groups is 1. The zero-order chi connectivity index (χ0) is 11.4. The van der Waals surface area contributed by atoms with Gasteiger partial charge in [-0.15, -0.1) is 0 Å². The molecule has 0 aliphatic rings. The fraction of sp³-hybridized carbons (Fsp3) is 0.300. The highest BCUT2D eigenvalue weighted by Gasteiger charge is 2.08. The SMILES string of the molecule is CC(=O)COc1ccc([N+](=O)[O-])cc1C. The number of benzene rings is 1. The molecule has 0 spiro atoms. The molecule has 0 bridgehead atoms. The van der Waals surface area contributed by atoms with Crippen molar-refractivity contribution in [1.82, 2.24) is 0 Å². The predicted octanol–water partition coefficient (Wildman–Crippen LogP) is 1.87. The maximum atomic E-state index is 10.7. The lowest BCUT2D eigenvalue weighted by Gasteiger charge is -2.06. The van der Waals surface area contributed by atoms with E-state index in [1.165, 1.54) is 25.1 Å². The number of rotatable bonds is 4. The Morgan fingerprint density at radius 2 is 2.20 bits per heavy atom. The molecule has 0 heterocycles. The Balaban J connectivity index is 2.83. The first-order chi connectivity index (χ1) is 7.00. The van der Waals surface area contributed by atoms with Crippen LogP contribution in [0.3, 0.4) is 0 Å². The molecule has 0 aliphatic heterocycles. The molecule has 1 aromatic carbocycles. The molecule has 0 amide bonds. The van der Waals surface area contributed by atoms with Crippen molar-refractivity contribution in [2.75, 3.05) is 6.61 Å². The second kappa shape index (κ2) is 4.54. The van der Waals surface area contributed by atoms with Gasteiger partial charge < -0.3 is 4.74 Å². The van der Waals surface area contributed by atoms with E-state index < -0.39 is 4.92 Å². The maximum absolute atomic E-state index is 10.7. The molecular weight excluding hydrogens is 198 g/mol. The molecule has 1 aromatic rings. The molecule has 5 heteroatoms. The zero-order valence-electron chi connectivity index (χ0n) is 8.52. The number of ketones is 1. The minimum absolute atomic E-state index is 0.0152. The Morgan fingerprint density at radius 1 is 1.53 bits per heavy atom. The standard InChI is InChI=1S/C10H11NO4/c1-7-5-9(11(13)14)3-4-10(7)15-6-8(2)12/h3-5H,6H2,1-2H3. The lowest BCUT2D eigenvalue weighted by molar-refractivity contribution is -0.384. The van der Waals surface area contributed by atoms with Crippen LogP contribution in [0.25, 0.3) is 0 Å². The zero-order valence-corrected chi connectivity index (χ0v) is 8.52. The second-order valence-corrected chi connectivity index (χ2v) is 3.20. The summed E-state index contributed by atoms with van der Waals surface area (Å²) >= 11 is 0. The highest BCUT2D eigenvalue weighted by Crippen LogP contribution is 2.22. The molecule has 0 N–H and O–H groups in total. The summed E-state index contributed by atoms with van der Waals surface area (Å²) in [6.45, 7) is 3.10. The third-order valence-corrected chi connectivity index (χ3v) is 1.80. The van der Waals surface area contributed by atoms with E-state index in [0.29, 0.717) is 11.3 Å². The van der Waals surface area contributed by atoms with E-state index in [1.807, 2.05) is 0 Å². The van der Waals surface area contributed by atoms with Gasteiger partial charge in [0.15, 0.2) is 5.78 Å². The summed E-state index contributed by atoms with van der Waals surface area (Å²) in [7, 11) is 0. The van der Waals surface area contributed by atoms with Crippen molar-refractivity contribution in [2.24, 2.45) is 0 Å². The van der Waals surface area contributed by atoms with Gasteiger partial charge in [0.25, 0.3) is 5.69 Å². The number of aryl methyl sites for hydroxylation is 1. The van der Waals surface area contributed by atoms with Gasteiger partial charge in [-0.3, -0.25) is 14.9 Å². The van der Waals surface area contributed by atoms with E-state index in [1.54, 1.807) is 6.92 Å². The molecule has 0 atom stereocenters. The molecule has 5 nitrogen and oxygen atoms in total. The summed E-state index contributed by atoms with van der Waals surface area (Å²) in [6.07, 6.45) is 0. The Hall–Kier alpha value is -1.91. The van der Waals surface area contributed by atoms with Crippen molar-refractivity contribution in [3.8, 4) is 5.75 Å². The number of carbonyl (C=O) groups excluding carboxylic acids is 1. The topological polar surface area (TPSA) is 69.4 Å². The number of hydrogen-bond acceptors (Lipinski definition) is 4. The van der Waals surface area contributed by atoms with Crippen LogP contribution >= 0.6 is 0 Å². The van der Waals surface area contributed by atoms with E-state index in [-0.39, 0.29) is 18.1 Å². The molecular formula is C10H11NO4. The first-order valence-corrected chi connectivity index (χ1v) is 4.38. The quantitative estimate of drug-likeness (QED) is 0.560. The van der Waals surface area contributed by atoms with Crippen LogP contribution in [-0.4, -0.2) is 17.3 Å². The van der Waals surface area contributed by atoms with Crippen LogP contribution in [-0.2, 0) is 4.79 Å². The van der Waals surface area contributed by atoms with Crippen LogP contribution in [0.5, 0.6) is 5.75 Å². The van der Waals surface area contributed by atoms with Gasteiger partial charge in [-0.05, 0) is 25.5 Å².